The van der Waals surface area contributed by atoms with Crippen LogP contribution in [-0.4, -0.2) is 31.1 Å². The van der Waals surface area contributed by atoms with E-state index in [1.165, 1.54) is 6.07 Å². The van der Waals surface area contributed by atoms with Gasteiger partial charge in [-0.1, -0.05) is 28.4 Å². The second kappa shape index (κ2) is 8.66. The van der Waals surface area contributed by atoms with Crippen LogP contribution in [0.25, 0.3) is 0 Å². The number of allylic oxidation sites excluding steroid dienone is 1. The smallest absolute Gasteiger partial charge is 0.124 e. The van der Waals surface area contributed by atoms with E-state index in [0.29, 0.717) is 6.04 Å². The molecular formula is C17H24BrFN2. The lowest BCUT2D eigenvalue weighted by molar-refractivity contribution is 0.162. The van der Waals surface area contributed by atoms with Crippen molar-refractivity contribution in [2.45, 2.75) is 31.7 Å². The van der Waals surface area contributed by atoms with Crippen molar-refractivity contribution in [3.8, 4) is 0 Å². The van der Waals surface area contributed by atoms with Crippen LogP contribution in [0, 0.1) is 5.82 Å². The van der Waals surface area contributed by atoms with Crippen molar-refractivity contribution < 1.29 is 4.39 Å². The van der Waals surface area contributed by atoms with Crippen molar-refractivity contribution in [1.82, 2.24) is 10.2 Å². The summed E-state index contributed by atoms with van der Waals surface area (Å²) in [5.74, 6) is -0.161. The molecule has 0 unspecified atom stereocenters. The molecular weight excluding hydrogens is 331 g/mol. The van der Waals surface area contributed by atoms with Crippen molar-refractivity contribution >= 4 is 15.9 Å². The lowest BCUT2D eigenvalue weighted by Crippen LogP contribution is -2.45. The van der Waals surface area contributed by atoms with Crippen LogP contribution in [0.4, 0.5) is 4.39 Å². The van der Waals surface area contributed by atoms with E-state index in [4.69, 9.17) is 0 Å². The summed E-state index contributed by atoms with van der Waals surface area (Å²) < 4.78 is 14.5. The van der Waals surface area contributed by atoms with Crippen LogP contribution >= 0.6 is 15.9 Å². The molecule has 0 saturated carbocycles. The zero-order chi connectivity index (χ0) is 15.1. The summed E-state index contributed by atoms with van der Waals surface area (Å²) in [6.45, 7) is 7.86. The summed E-state index contributed by atoms with van der Waals surface area (Å²) in [5.41, 5.74) is 1.09. The topological polar surface area (TPSA) is 15.3 Å². The second-order valence-electron chi connectivity index (χ2n) is 5.58. The predicted molar refractivity (Wildman–Crippen MR) is 89.9 cm³/mol. The Balaban J connectivity index is 2.10. The highest BCUT2D eigenvalue weighted by Crippen LogP contribution is 2.29. The minimum Gasteiger partial charge on any atom is -0.314 e. The van der Waals surface area contributed by atoms with E-state index in [1.54, 1.807) is 6.07 Å². The minimum absolute atomic E-state index is 0.161. The highest BCUT2D eigenvalue weighted by atomic mass is 79.9. The van der Waals surface area contributed by atoms with E-state index in [2.05, 4.69) is 38.8 Å². The Hall–Kier alpha value is -0.710. The Morgan fingerprint density at radius 1 is 1.29 bits per heavy atom. The molecule has 1 N–H and O–H groups in total. The first-order chi connectivity index (χ1) is 10.2. The standard InChI is InChI=1S/C17H24BrFN2/c1-2-3-4-5-6-17(21-9-7-20-8-10-21)14-11-15(18)13-16(19)12-14/h2,11-13,17,20H,1,3-10H2/t17-/m1/s1. The maximum atomic E-state index is 13.7. The molecule has 2 nitrogen and oxygen atoms in total. The summed E-state index contributed by atoms with van der Waals surface area (Å²) in [6.07, 6.45) is 6.40. The molecule has 0 amide bonds. The summed E-state index contributed by atoms with van der Waals surface area (Å²) in [4.78, 5) is 2.48. The van der Waals surface area contributed by atoms with Gasteiger partial charge in [-0.2, -0.15) is 0 Å². The van der Waals surface area contributed by atoms with Gasteiger partial charge in [-0.05, 0) is 43.0 Å². The highest BCUT2D eigenvalue weighted by Gasteiger charge is 2.22. The van der Waals surface area contributed by atoms with Crippen molar-refractivity contribution in [2.75, 3.05) is 26.2 Å². The molecule has 1 aliphatic heterocycles. The van der Waals surface area contributed by atoms with Gasteiger partial charge >= 0.3 is 0 Å². The zero-order valence-corrected chi connectivity index (χ0v) is 14.0. The van der Waals surface area contributed by atoms with Gasteiger partial charge in [-0.3, -0.25) is 4.90 Å². The summed E-state index contributed by atoms with van der Waals surface area (Å²) in [6, 6.07) is 5.58. The zero-order valence-electron chi connectivity index (χ0n) is 12.5. The first-order valence-electron chi connectivity index (χ1n) is 7.72. The molecule has 1 fully saturated rings. The molecule has 1 aromatic rings. The maximum absolute atomic E-state index is 13.7. The van der Waals surface area contributed by atoms with E-state index < -0.39 is 0 Å². The molecule has 0 aromatic heterocycles. The van der Waals surface area contributed by atoms with Gasteiger partial charge in [0.1, 0.15) is 5.82 Å². The van der Waals surface area contributed by atoms with E-state index in [0.717, 1.165) is 61.9 Å². The molecule has 1 aromatic carbocycles. The normalized spacial score (nSPS) is 17.6. The monoisotopic (exact) mass is 354 g/mol. The number of rotatable bonds is 7. The van der Waals surface area contributed by atoms with E-state index in [-0.39, 0.29) is 5.82 Å². The number of nitrogens with zero attached hydrogens (tertiary/aromatic N) is 1. The summed E-state index contributed by atoms with van der Waals surface area (Å²) >= 11 is 3.41. The van der Waals surface area contributed by atoms with Gasteiger partial charge in [0, 0.05) is 36.7 Å². The van der Waals surface area contributed by atoms with Crippen LogP contribution in [0.5, 0.6) is 0 Å². The van der Waals surface area contributed by atoms with Gasteiger partial charge in [0.05, 0.1) is 0 Å². The molecule has 0 aliphatic carbocycles. The third-order valence-corrected chi connectivity index (χ3v) is 4.46. The fraction of sp³-hybridized carbons (Fsp3) is 0.529. The molecule has 1 saturated heterocycles. The lowest BCUT2D eigenvalue weighted by atomic mass is 9.98. The molecule has 1 aliphatic rings. The van der Waals surface area contributed by atoms with Crippen LogP contribution < -0.4 is 5.32 Å². The van der Waals surface area contributed by atoms with Crippen LogP contribution in [0.1, 0.15) is 37.3 Å². The van der Waals surface area contributed by atoms with Crippen molar-refractivity contribution in [3.63, 3.8) is 0 Å². The third-order valence-electron chi connectivity index (χ3n) is 4.00. The lowest BCUT2D eigenvalue weighted by Gasteiger charge is -2.35. The van der Waals surface area contributed by atoms with Crippen LogP contribution in [0.2, 0.25) is 0 Å². The quantitative estimate of drug-likeness (QED) is 0.580. The van der Waals surface area contributed by atoms with Gasteiger partial charge in [-0.15, -0.1) is 6.58 Å². The Morgan fingerprint density at radius 3 is 2.71 bits per heavy atom. The summed E-state index contributed by atoms with van der Waals surface area (Å²) in [7, 11) is 0. The number of benzene rings is 1. The van der Waals surface area contributed by atoms with Crippen LogP contribution in [0.15, 0.2) is 35.3 Å². The average molecular weight is 355 g/mol. The SMILES string of the molecule is C=CCCCC[C@H](c1cc(F)cc(Br)c1)N1CCNCC1. The number of hydrogen-bond acceptors (Lipinski definition) is 2. The average Bonchev–Trinajstić information content (AvgIpc) is 2.47. The van der Waals surface area contributed by atoms with Gasteiger partial charge in [0.2, 0.25) is 0 Å². The van der Waals surface area contributed by atoms with E-state index in [1.807, 2.05) is 6.08 Å². The van der Waals surface area contributed by atoms with Crippen molar-refractivity contribution in [1.29, 1.82) is 0 Å². The molecule has 1 atom stereocenters. The molecule has 0 bridgehead atoms. The minimum atomic E-state index is -0.161. The second-order valence-corrected chi connectivity index (χ2v) is 6.49. The first-order valence-corrected chi connectivity index (χ1v) is 8.51. The largest absolute Gasteiger partial charge is 0.314 e. The number of unbranched alkanes of at least 4 members (excludes halogenated alkanes) is 2. The molecule has 1 heterocycles. The van der Waals surface area contributed by atoms with Gasteiger partial charge in [0.25, 0.3) is 0 Å². The number of hydrogen-bond donors (Lipinski definition) is 1. The predicted octanol–water partition coefficient (Wildman–Crippen LogP) is 4.28. The fourth-order valence-electron chi connectivity index (χ4n) is 2.95. The molecule has 0 radical (unpaired) electrons. The van der Waals surface area contributed by atoms with Gasteiger partial charge in [-0.25, -0.2) is 4.39 Å². The molecule has 4 heteroatoms. The van der Waals surface area contributed by atoms with Crippen LogP contribution in [0.3, 0.4) is 0 Å². The first kappa shape index (κ1) is 16.7. The highest BCUT2D eigenvalue weighted by molar-refractivity contribution is 9.10. The number of halogens is 2. The Kier molecular flexibility index (Phi) is 6.87. The maximum Gasteiger partial charge on any atom is 0.124 e. The van der Waals surface area contributed by atoms with Crippen LogP contribution in [-0.2, 0) is 0 Å². The summed E-state index contributed by atoms with van der Waals surface area (Å²) in [5, 5.41) is 3.38. The Labute approximate surface area is 135 Å². The molecule has 0 spiro atoms. The molecule has 116 valence electrons. The molecule has 21 heavy (non-hydrogen) atoms. The van der Waals surface area contributed by atoms with Gasteiger partial charge < -0.3 is 5.32 Å². The Bertz CT molecular complexity index is 438. The van der Waals surface area contributed by atoms with E-state index in [9.17, 15) is 4.39 Å². The molecule has 2 rings (SSSR count). The third kappa shape index (κ3) is 5.20. The number of piperazine rings is 1. The Morgan fingerprint density at radius 2 is 2.05 bits per heavy atom. The van der Waals surface area contributed by atoms with Crippen molar-refractivity contribution in [3.05, 3.63) is 46.7 Å². The van der Waals surface area contributed by atoms with E-state index >= 15 is 0 Å². The van der Waals surface area contributed by atoms with Crippen molar-refractivity contribution in [2.24, 2.45) is 0 Å². The number of nitrogens with one attached hydrogen (secondary N) is 1. The fourth-order valence-corrected chi connectivity index (χ4v) is 3.43. The van der Waals surface area contributed by atoms with Gasteiger partial charge in [0.15, 0.2) is 0 Å².